The van der Waals surface area contributed by atoms with E-state index in [-0.39, 0.29) is 44.3 Å². The minimum Gasteiger partial charge on any atom is -0.465 e. The summed E-state index contributed by atoms with van der Waals surface area (Å²) < 4.78 is 16.7. The van der Waals surface area contributed by atoms with Gasteiger partial charge in [-0.25, -0.2) is 0 Å². The Morgan fingerprint density at radius 3 is 1.18 bits per heavy atom. The lowest BCUT2D eigenvalue weighted by molar-refractivity contribution is -0.153. The topological polar surface area (TPSA) is 102 Å². The van der Waals surface area contributed by atoms with Gasteiger partial charge in [-0.2, -0.15) is 0 Å². The molecule has 1 heterocycles. The van der Waals surface area contributed by atoms with Crippen LogP contribution in [0, 0.1) is 11.8 Å². The molecular formula is C48H87NO7. The van der Waals surface area contributed by atoms with E-state index in [1.54, 1.807) is 0 Å². The first-order valence-electron chi connectivity index (χ1n) is 23.6. The lowest BCUT2D eigenvalue weighted by Gasteiger charge is -2.38. The Hall–Kier alpha value is -2.19. The number of unbranched alkanes of at least 4 members (excludes halogenated alkanes) is 22. The van der Waals surface area contributed by atoms with Crippen LogP contribution in [0.1, 0.15) is 206 Å². The number of nitrogens with zero attached hydrogens (tertiary/aromatic N) is 1. The molecule has 0 saturated carbocycles. The number of likely N-dealkylation sites (tertiary alicyclic amines) is 1. The van der Waals surface area contributed by atoms with Crippen molar-refractivity contribution in [2.75, 3.05) is 46.1 Å². The zero-order valence-corrected chi connectivity index (χ0v) is 36.5. The zero-order valence-electron chi connectivity index (χ0n) is 36.5. The molecule has 1 rings (SSSR count). The molecule has 0 aromatic heterocycles. The van der Waals surface area contributed by atoms with Gasteiger partial charge in [0, 0.05) is 44.9 Å². The van der Waals surface area contributed by atoms with E-state index in [9.17, 15) is 19.5 Å². The fraction of sp³-hybridized carbons (Fsp3) is 0.854. The normalized spacial score (nSPS) is 13.6. The van der Waals surface area contributed by atoms with Gasteiger partial charge in [-0.1, -0.05) is 141 Å². The van der Waals surface area contributed by atoms with Crippen molar-refractivity contribution in [3.63, 3.8) is 0 Å². The zero-order chi connectivity index (χ0) is 40.6. The number of hydrogen-bond acceptors (Lipinski definition) is 8. The monoisotopic (exact) mass is 790 g/mol. The SMILES string of the molecule is CCCCCCCC/C=C\CCCCCCCC(=O)OCC(COC(=O)CCCCCCC/C=C\CCCCCCCC)COC(=O)CCCN1CC(CO)C1. The van der Waals surface area contributed by atoms with Gasteiger partial charge in [0.1, 0.15) is 19.8 Å². The quantitative estimate of drug-likeness (QED) is 0.0283. The molecule has 0 spiro atoms. The summed E-state index contributed by atoms with van der Waals surface area (Å²) in [5.41, 5.74) is 0. The van der Waals surface area contributed by atoms with Crippen molar-refractivity contribution in [2.24, 2.45) is 11.8 Å². The highest BCUT2D eigenvalue weighted by Crippen LogP contribution is 2.16. The van der Waals surface area contributed by atoms with Gasteiger partial charge in [0.05, 0.1) is 5.92 Å². The van der Waals surface area contributed by atoms with Gasteiger partial charge >= 0.3 is 17.9 Å². The van der Waals surface area contributed by atoms with E-state index in [0.29, 0.717) is 31.6 Å². The molecule has 1 fully saturated rings. The summed E-state index contributed by atoms with van der Waals surface area (Å²) in [6.07, 6.45) is 42.4. The molecule has 1 saturated heterocycles. The number of aliphatic hydroxyl groups excluding tert-OH is 1. The third-order valence-corrected chi connectivity index (χ3v) is 10.9. The summed E-state index contributed by atoms with van der Waals surface area (Å²) in [5, 5.41) is 9.20. The van der Waals surface area contributed by atoms with Crippen LogP contribution in [0.3, 0.4) is 0 Å². The van der Waals surface area contributed by atoms with Gasteiger partial charge in [0.15, 0.2) is 0 Å². The average molecular weight is 790 g/mol. The van der Waals surface area contributed by atoms with Crippen molar-refractivity contribution in [2.45, 2.75) is 206 Å². The number of esters is 3. The van der Waals surface area contributed by atoms with E-state index in [4.69, 9.17) is 14.2 Å². The number of carbonyl (C=O) groups is 3. The first-order chi connectivity index (χ1) is 27.5. The summed E-state index contributed by atoms with van der Waals surface area (Å²) in [7, 11) is 0. The van der Waals surface area contributed by atoms with Crippen LogP contribution < -0.4 is 0 Å². The molecule has 0 aliphatic carbocycles. The number of allylic oxidation sites excluding steroid dienone is 4. The van der Waals surface area contributed by atoms with Crippen molar-refractivity contribution in [3.8, 4) is 0 Å². The fourth-order valence-electron chi connectivity index (χ4n) is 7.10. The van der Waals surface area contributed by atoms with E-state index in [1.165, 1.54) is 116 Å². The Morgan fingerprint density at radius 2 is 0.821 bits per heavy atom. The standard InChI is InChI=1S/C48H87NO7/c1-3-5-7-9-11-13-15-17-19-21-23-25-27-29-31-34-46(51)54-41-45(43-56-48(53)36-33-37-49-38-44(39-49)40-50)42-55-47(52)35-32-30-28-26-24-22-20-18-16-14-12-10-8-6-4-2/h17-20,44-45,50H,3-16,21-43H2,1-2H3/b19-17-,20-18-. The number of carbonyl (C=O) groups excluding carboxylic acids is 3. The number of rotatable bonds is 41. The maximum atomic E-state index is 12.5. The predicted molar refractivity (Wildman–Crippen MR) is 232 cm³/mol. The van der Waals surface area contributed by atoms with Gasteiger partial charge in [-0.15, -0.1) is 0 Å². The van der Waals surface area contributed by atoms with Crippen LogP contribution in [0.5, 0.6) is 0 Å². The summed E-state index contributed by atoms with van der Waals surface area (Å²) >= 11 is 0. The van der Waals surface area contributed by atoms with Crippen LogP contribution in [-0.4, -0.2) is 74.0 Å². The van der Waals surface area contributed by atoms with E-state index in [2.05, 4.69) is 43.1 Å². The van der Waals surface area contributed by atoms with Crippen LogP contribution in [0.25, 0.3) is 0 Å². The Bertz CT molecular complexity index is 921. The Labute approximate surface area is 344 Å². The Kier molecular flexibility index (Phi) is 36.7. The molecule has 0 radical (unpaired) electrons. The first-order valence-corrected chi connectivity index (χ1v) is 23.6. The van der Waals surface area contributed by atoms with Gasteiger partial charge in [0.25, 0.3) is 0 Å². The van der Waals surface area contributed by atoms with E-state index < -0.39 is 5.92 Å². The minimum absolute atomic E-state index is 0.0521. The molecule has 0 aromatic carbocycles. The van der Waals surface area contributed by atoms with Gasteiger partial charge in [-0.05, 0) is 77.2 Å². The second-order valence-corrected chi connectivity index (χ2v) is 16.5. The molecule has 8 heteroatoms. The number of aliphatic hydroxyl groups is 1. The lowest BCUT2D eigenvalue weighted by atomic mass is 10.0. The van der Waals surface area contributed by atoms with E-state index in [0.717, 1.165) is 71.0 Å². The highest BCUT2D eigenvalue weighted by Gasteiger charge is 2.25. The van der Waals surface area contributed by atoms with Gasteiger partial charge < -0.3 is 24.2 Å². The molecule has 0 amide bonds. The summed E-state index contributed by atoms with van der Waals surface area (Å²) in [4.78, 5) is 39.8. The predicted octanol–water partition coefficient (Wildman–Crippen LogP) is 12.0. The largest absolute Gasteiger partial charge is 0.465 e. The Balaban J connectivity index is 2.23. The van der Waals surface area contributed by atoms with E-state index >= 15 is 0 Å². The van der Waals surface area contributed by atoms with Crippen molar-refractivity contribution in [3.05, 3.63) is 24.3 Å². The molecule has 56 heavy (non-hydrogen) atoms. The molecule has 1 N–H and O–H groups in total. The summed E-state index contributed by atoms with van der Waals surface area (Å²) in [6.45, 7) is 7.46. The molecule has 0 aromatic rings. The van der Waals surface area contributed by atoms with Crippen LogP contribution in [0.15, 0.2) is 24.3 Å². The maximum Gasteiger partial charge on any atom is 0.305 e. The highest BCUT2D eigenvalue weighted by atomic mass is 16.6. The molecule has 326 valence electrons. The average Bonchev–Trinajstić information content (AvgIpc) is 3.18. The number of hydrogen-bond donors (Lipinski definition) is 1. The third-order valence-electron chi connectivity index (χ3n) is 10.9. The summed E-state index contributed by atoms with van der Waals surface area (Å²) in [5.74, 6) is -0.852. The fourth-order valence-corrected chi connectivity index (χ4v) is 7.10. The lowest BCUT2D eigenvalue weighted by Crippen LogP contribution is -2.48. The smallest absolute Gasteiger partial charge is 0.305 e. The molecule has 0 unspecified atom stereocenters. The minimum atomic E-state index is -0.393. The molecule has 0 bridgehead atoms. The van der Waals surface area contributed by atoms with Crippen LogP contribution in [0.4, 0.5) is 0 Å². The van der Waals surface area contributed by atoms with Crippen molar-refractivity contribution >= 4 is 17.9 Å². The van der Waals surface area contributed by atoms with Crippen LogP contribution in [0.2, 0.25) is 0 Å². The molecule has 8 nitrogen and oxygen atoms in total. The van der Waals surface area contributed by atoms with Gasteiger partial charge in [0.2, 0.25) is 0 Å². The van der Waals surface area contributed by atoms with Crippen LogP contribution >= 0.6 is 0 Å². The Morgan fingerprint density at radius 1 is 0.500 bits per heavy atom. The maximum absolute atomic E-state index is 12.5. The third kappa shape index (κ3) is 33.9. The highest BCUT2D eigenvalue weighted by molar-refractivity contribution is 5.70. The van der Waals surface area contributed by atoms with Crippen molar-refractivity contribution in [1.82, 2.24) is 4.90 Å². The molecule has 1 aliphatic rings. The van der Waals surface area contributed by atoms with Crippen molar-refractivity contribution in [1.29, 1.82) is 0 Å². The van der Waals surface area contributed by atoms with Crippen LogP contribution in [-0.2, 0) is 28.6 Å². The first kappa shape index (κ1) is 51.8. The van der Waals surface area contributed by atoms with Gasteiger partial charge in [-0.3, -0.25) is 14.4 Å². The van der Waals surface area contributed by atoms with E-state index in [1.807, 2.05) is 0 Å². The van der Waals surface area contributed by atoms with Crippen molar-refractivity contribution < 1.29 is 33.7 Å². The molecular weight excluding hydrogens is 703 g/mol. The summed E-state index contributed by atoms with van der Waals surface area (Å²) in [6, 6.07) is 0. The second kappa shape index (κ2) is 39.6. The second-order valence-electron chi connectivity index (χ2n) is 16.5. The number of ether oxygens (including phenoxy) is 3. The molecule has 0 atom stereocenters. The molecule has 1 aliphatic heterocycles.